The summed E-state index contributed by atoms with van der Waals surface area (Å²) in [6, 6.07) is 21.3. The number of carbonyl (C=O) groups is 2. The van der Waals surface area contributed by atoms with E-state index in [-0.39, 0.29) is 18.9 Å². The molecule has 3 rings (SSSR count). The molecule has 3 aromatic rings. The number of aryl methyl sites for hydroxylation is 1. The Morgan fingerprint density at radius 1 is 0.879 bits per heavy atom. The fraction of sp³-hybridized carbons (Fsp3) is 0.296. The molecule has 0 saturated carbocycles. The lowest BCUT2D eigenvalue weighted by Crippen LogP contribution is -2.25. The van der Waals surface area contributed by atoms with Crippen molar-refractivity contribution in [3.8, 4) is 17.0 Å². The number of nitrogens with zero attached hydrogens (tertiary/aromatic N) is 1. The van der Waals surface area contributed by atoms with Crippen LogP contribution in [0, 0.1) is 0 Å². The first-order valence-electron chi connectivity index (χ1n) is 11.3. The van der Waals surface area contributed by atoms with Crippen molar-refractivity contribution < 1.29 is 19.4 Å². The Bertz CT molecular complexity index is 1000. The van der Waals surface area contributed by atoms with Gasteiger partial charge in [-0.15, -0.1) is 0 Å². The fourth-order valence-corrected chi connectivity index (χ4v) is 3.41. The highest BCUT2D eigenvalue weighted by Crippen LogP contribution is 2.17. The average molecular weight is 447 g/mol. The fourth-order valence-electron chi connectivity index (χ4n) is 3.41. The molecule has 0 atom stereocenters. The number of carbonyl (C=O) groups excluding carboxylic acids is 1. The molecule has 2 N–H and O–H groups in total. The minimum atomic E-state index is -0.937. The van der Waals surface area contributed by atoms with Crippen molar-refractivity contribution in [2.24, 2.45) is 0 Å². The van der Waals surface area contributed by atoms with Crippen LogP contribution in [0.2, 0.25) is 0 Å². The Labute approximate surface area is 194 Å². The maximum atomic E-state index is 11.9. The molecule has 1 aromatic heterocycles. The van der Waals surface area contributed by atoms with Gasteiger partial charge in [-0.05, 0) is 55.2 Å². The molecule has 0 aliphatic heterocycles. The zero-order valence-electron chi connectivity index (χ0n) is 18.7. The second-order valence-corrected chi connectivity index (χ2v) is 7.85. The van der Waals surface area contributed by atoms with Gasteiger partial charge < -0.3 is 15.2 Å². The second kappa shape index (κ2) is 13.0. The summed E-state index contributed by atoms with van der Waals surface area (Å²) in [4.78, 5) is 27.0. The highest BCUT2D eigenvalue weighted by atomic mass is 16.5. The molecule has 0 aliphatic carbocycles. The van der Waals surface area contributed by atoms with Crippen LogP contribution in [0.4, 0.5) is 0 Å². The number of pyridine rings is 1. The van der Waals surface area contributed by atoms with Gasteiger partial charge in [0, 0.05) is 23.9 Å². The lowest BCUT2D eigenvalue weighted by atomic mass is 10.1. The Morgan fingerprint density at radius 3 is 2.33 bits per heavy atom. The summed E-state index contributed by atoms with van der Waals surface area (Å²) >= 11 is 0. The van der Waals surface area contributed by atoms with Crippen LogP contribution in [-0.4, -0.2) is 35.1 Å². The van der Waals surface area contributed by atoms with Crippen molar-refractivity contribution in [1.82, 2.24) is 10.3 Å². The number of unbranched alkanes of at least 4 members (excludes halogenated alkanes) is 3. The Kier molecular flexibility index (Phi) is 9.45. The van der Waals surface area contributed by atoms with Crippen LogP contribution in [0.5, 0.6) is 5.75 Å². The smallest absolute Gasteiger partial charge is 0.305 e. The highest BCUT2D eigenvalue weighted by molar-refractivity contribution is 5.94. The van der Waals surface area contributed by atoms with Crippen LogP contribution in [0.15, 0.2) is 72.9 Å². The molecular weight excluding hydrogens is 416 g/mol. The lowest BCUT2D eigenvalue weighted by molar-refractivity contribution is -0.136. The van der Waals surface area contributed by atoms with Crippen LogP contribution in [-0.2, 0) is 11.2 Å². The molecule has 0 fully saturated rings. The van der Waals surface area contributed by atoms with Gasteiger partial charge in [-0.1, -0.05) is 49.2 Å². The van der Waals surface area contributed by atoms with Crippen LogP contribution in [0.1, 0.15) is 48.0 Å². The van der Waals surface area contributed by atoms with E-state index in [1.807, 2.05) is 24.4 Å². The topological polar surface area (TPSA) is 88.5 Å². The Hall–Kier alpha value is -3.67. The van der Waals surface area contributed by atoms with Gasteiger partial charge >= 0.3 is 5.97 Å². The molecule has 0 unspecified atom stereocenters. The summed E-state index contributed by atoms with van der Waals surface area (Å²) < 4.78 is 5.75. The number of nitrogens with one attached hydrogen (secondary N) is 1. The van der Waals surface area contributed by atoms with E-state index in [4.69, 9.17) is 9.84 Å². The predicted octanol–water partition coefficient (Wildman–Crippen LogP) is 5.14. The quantitative estimate of drug-likeness (QED) is 0.355. The van der Waals surface area contributed by atoms with E-state index in [0.717, 1.165) is 49.1 Å². The van der Waals surface area contributed by atoms with Gasteiger partial charge in [-0.25, -0.2) is 0 Å². The van der Waals surface area contributed by atoms with Gasteiger partial charge in [0.2, 0.25) is 0 Å². The van der Waals surface area contributed by atoms with E-state index in [1.165, 1.54) is 5.56 Å². The number of benzene rings is 2. The van der Waals surface area contributed by atoms with Crippen LogP contribution in [0.25, 0.3) is 11.3 Å². The third-order valence-corrected chi connectivity index (χ3v) is 5.26. The number of rotatable bonds is 13. The van der Waals surface area contributed by atoms with Crippen molar-refractivity contribution >= 4 is 11.9 Å². The van der Waals surface area contributed by atoms with E-state index in [0.29, 0.717) is 12.2 Å². The molecule has 172 valence electrons. The van der Waals surface area contributed by atoms with Crippen LogP contribution < -0.4 is 10.1 Å². The van der Waals surface area contributed by atoms with Crippen LogP contribution in [0.3, 0.4) is 0 Å². The molecule has 0 saturated heterocycles. The molecule has 1 heterocycles. The van der Waals surface area contributed by atoms with Gasteiger partial charge in [-0.2, -0.15) is 0 Å². The number of amides is 1. The van der Waals surface area contributed by atoms with Gasteiger partial charge in [0.15, 0.2) is 0 Å². The molecule has 0 spiro atoms. The molecule has 0 aliphatic rings. The molecule has 1 amide bonds. The van der Waals surface area contributed by atoms with Gasteiger partial charge in [0.05, 0.1) is 18.7 Å². The minimum absolute atomic E-state index is 0.0929. The molecule has 2 aromatic carbocycles. The number of hydrogen-bond donors (Lipinski definition) is 2. The molecule has 0 radical (unpaired) electrons. The van der Waals surface area contributed by atoms with Crippen molar-refractivity contribution in [2.45, 2.75) is 38.5 Å². The minimum Gasteiger partial charge on any atom is -0.494 e. The van der Waals surface area contributed by atoms with E-state index >= 15 is 0 Å². The van der Waals surface area contributed by atoms with E-state index < -0.39 is 5.97 Å². The summed E-state index contributed by atoms with van der Waals surface area (Å²) in [5.74, 6) is -0.497. The normalized spacial score (nSPS) is 10.5. The third kappa shape index (κ3) is 8.41. The first-order valence-corrected chi connectivity index (χ1v) is 11.3. The summed E-state index contributed by atoms with van der Waals surface area (Å²) in [6.07, 6.45) is 7.24. The lowest BCUT2D eigenvalue weighted by Gasteiger charge is -2.08. The zero-order chi connectivity index (χ0) is 23.3. The Morgan fingerprint density at radius 2 is 1.64 bits per heavy atom. The van der Waals surface area contributed by atoms with E-state index in [2.05, 4.69) is 34.6 Å². The molecule has 6 nitrogen and oxygen atoms in total. The van der Waals surface area contributed by atoms with Crippen molar-refractivity contribution in [3.05, 3.63) is 84.1 Å². The standard InChI is InChI=1S/C27H30N2O4/c30-26(31)17-18-28-27(32)23-12-14-24(15-13-23)33-19-7-2-1-4-8-21-11-16-25(29-20-21)22-9-5-3-6-10-22/h3,5-6,9-16,20H,1-2,4,7-8,17-19H2,(H,28,32)(H,30,31). The zero-order valence-corrected chi connectivity index (χ0v) is 18.7. The van der Waals surface area contributed by atoms with Crippen molar-refractivity contribution in [3.63, 3.8) is 0 Å². The Balaban J connectivity index is 1.27. The summed E-state index contributed by atoms with van der Waals surface area (Å²) in [6.45, 7) is 0.749. The number of aliphatic carboxylic acids is 1. The maximum absolute atomic E-state index is 11.9. The van der Waals surface area contributed by atoms with Gasteiger partial charge in [-0.3, -0.25) is 14.6 Å². The number of hydrogen-bond acceptors (Lipinski definition) is 4. The van der Waals surface area contributed by atoms with Crippen molar-refractivity contribution in [1.29, 1.82) is 0 Å². The number of carboxylic acid groups (broad SMARTS) is 1. The molecular formula is C27H30N2O4. The number of ether oxygens (including phenoxy) is 1. The highest BCUT2D eigenvalue weighted by Gasteiger charge is 2.06. The second-order valence-electron chi connectivity index (χ2n) is 7.85. The number of carboxylic acids is 1. The first kappa shape index (κ1) is 24.0. The van der Waals surface area contributed by atoms with E-state index in [1.54, 1.807) is 24.3 Å². The molecule has 33 heavy (non-hydrogen) atoms. The summed E-state index contributed by atoms with van der Waals surface area (Å²) in [5.41, 5.74) is 3.89. The van der Waals surface area contributed by atoms with E-state index in [9.17, 15) is 9.59 Å². The average Bonchev–Trinajstić information content (AvgIpc) is 2.84. The summed E-state index contributed by atoms with van der Waals surface area (Å²) in [5, 5.41) is 11.2. The largest absolute Gasteiger partial charge is 0.494 e. The maximum Gasteiger partial charge on any atom is 0.305 e. The molecule has 0 bridgehead atoms. The SMILES string of the molecule is O=C(O)CCNC(=O)c1ccc(OCCCCCCc2ccc(-c3ccccc3)nc2)cc1. The monoisotopic (exact) mass is 446 g/mol. The number of aromatic nitrogens is 1. The van der Waals surface area contributed by atoms with Crippen molar-refractivity contribution in [2.75, 3.05) is 13.2 Å². The van der Waals surface area contributed by atoms with Gasteiger partial charge in [0.25, 0.3) is 5.91 Å². The molecule has 6 heteroatoms. The summed E-state index contributed by atoms with van der Waals surface area (Å²) in [7, 11) is 0. The first-order chi connectivity index (χ1) is 16.1. The van der Waals surface area contributed by atoms with Crippen LogP contribution >= 0.6 is 0 Å². The predicted molar refractivity (Wildman–Crippen MR) is 128 cm³/mol. The van der Waals surface area contributed by atoms with Gasteiger partial charge in [0.1, 0.15) is 5.75 Å². The third-order valence-electron chi connectivity index (χ3n) is 5.26.